The number of primary amides is 1. The van der Waals surface area contributed by atoms with Gasteiger partial charge in [0.25, 0.3) is 5.91 Å². The predicted octanol–water partition coefficient (Wildman–Crippen LogP) is 2.13. The minimum atomic E-state index is -0.564. The van der Waals surface area contributed by atoms with Gasteiger partial charge in [-0.1, -0.05) is 26.0 Å². The number of carbonyl (C=O) groups excluding carboxylic acids is 2. The van der Waals surface area contributed by atoms with E-state index in [0.29, 0.717) is 18.7 Å². The number of ether oxygens (including phenoxy) is 1. The second-order valence-corrected chi connectivity index (χ2v) is 6.85. The number of urea groups is 1. The van der Waals surface area contributed by atoms with Crippen LogP contribution in [0.1, 0.15) is 43.1 Å². The summed E-state index contributed by atoms with van der Waals surface area (Å²) in [5.74, 6) is -0.00238. The minimum absolute atomic E-state index is 0.00238. The lowest BCUT2D eigenvalue weighted by Gasteiger charge is -2.54. The first-order valence-electron chi connectivity index (χ1n) is 8.28. The Labute approximate surface area is 143 Å². The molecule has 3 N–H and O–H groups in total. The Morgan fingerprint density at radius 1 is 1.33 bits per heavy atom. The molecule has 0 aromatic heterocycles. The third-order valence-electron chi connectivity index (χ3n) is 4.95. The highest BCUT2D eigenvalue weighted by atomic mass is 16.5. The highest BCUT2D eigenvalue weighted by Crippen LogP contribution is 2.45. The summed E-state index contributed by atoms with van der Waals surface area (Å²) in [7, 11) is 1.85. The van der Waals surface area contributed by atoms with Crippen LogP contribution in [0.2, 0.25) is 0 Å². The zero-order chi connectivity index (χ0) is 17.9. The summed E-state index contributed by atoms with van der Waals surface area (Å²) < 4.78 is 5.74. The Morgan fingerprint density at radius 3 is 2.46 bits per heavy atom. The van der Waals surface area contributed by atoms with Gasteiger partial charge in [-0.15, -0.1) is 0 Å². The molecule has 6 heteroatoms. The molecule has 0 spiro atoms. The van der Waals surface area contributed by atoms with Crippen molar-refractivity contribution in [1.29, 1.82) is 0 Å². The molecule has 3 amide bonds. The number of amides is 3. The van der Waals surface area contributed by atoms with E-state index in [2.05, 4.69) is 19.2 Å². The van der Waals surface area contributed by atoms with Gasteiger partial charge in [-0.25, -0.2) is 4.79 Å². The Balaban J connectivity index is 2.00. The summed E-state index contributed by atoms with van der Waals surface area (Å²) in [5.41, 5.74) is 6.53. The van der Waals surface area contributed by atoms with E-state index < -0.39 is 6.03 Å². The van der Waals surface area contributed by atoms with Gasteiger partial charge in [0, 0.05) is 37.2 Å². The Morgan fingerprint density at radius 2 is 1.96 bits per heavy atom. The molecule has 2 unspecified atom stereocenters. The van der Waals surface area contributed by atoms with Crippen molar-refractivity contribution in [3.63, 3.8) is 0 Å². The minimum Gasteiger partial charge on any atom is -0.378 e. The maximum absolute atomic E-state index is 12.7. The fraction of sp³-hybridized carbons (Fsp3) is 0.556. The molecule has 1 aromatic rings. The standard InChI is InChI=1S/C18H27N3O3/c1-5-24-15-10-14(18(15,2)3)21(4)16(22)13-8-6-12(7-9-13)11-20-17(19)23/h6-9,14-15H,5,10-11H2,1-4H3,(H3,19,20,23). The number of hydrogen-bond donors (Lipinski definition) is 2. The second kappa shape index (κ2) is 7.21. The van der Waals surface area contributed by atoms with Gasteiger partial charge >= 0.3 is 6.03 Å². The monoisotopic (exact) mass is 333 g/mol. The molecule has 24 heavy (non-hydrogen) atoms. The van der Waals surface area contributed by atoms with Crippen LogP contribution in [0.25, 0.3) is 0 Å². The third-order valence-corrected chi connectivity index (χ3v) is 4.95. The first-order valence-corrected chi connectivity index (χ1v) is 8.28. The maximum Gasteiger partial charge on any atom is 0.312 e. The molecule has 0 saturated heterocycles. The second-order valence-electron chi connectivity index (χ2n) is 6.85. The lowest BCUT2D eigenvalue weighted by Crippen LogP contribution is -2.62. The van der Waals surface area contributed by atoms with E-state index in [1.54, 1.807) is 12.1 Å². The molecule has 0 heterocycles. The molecule has 6 nitrogen and oxygen atoms in total. The molecule has 0 bridgehead atoms. The number of carbonyl (C=O) groups is 2. The zero-order valence-electron chi connectivity index (χ0n) is 14.8. The van der Waals surface area contributed by atoms with E-state index >= 15 is 0 Å². The fourth-order valence-electron chi connectivity index (χ4n) is 3.31. The van der Waals surface area contributed by atoms with Gasteiger partial charge in [0.15, 0.2) is 0 Å². The van der Waals surface area contributed by atoms with Crippen molar-refractivity contribution >= 4 is 11.9 Å². The predicted molar refractivity (Wildman–Crippen MR) is 92.6 cm³/mol. The quantitative estimate of drug-likeness (QED) is 0.836. The van der Waals surface area contributed by atoms with E-state index in [0.717, 1.165) is 12.0 Å². The molecule has 1 aromatic carbocycles. The smallest absolute Gasteiger partial charge is 0.312 e. The molecular weight excluding hydrogens is 306 g/mol. The maximum atomic E-state index is 12.7. The molecule has 1 aliphatic rings. The molecule has 1 saturated carbocycles. The van der Waals surface area contributed by atoms with E-state index in [4.69, 9.17) is 10.5 Å². The van der Waals surface area contributed by atoms with E-state index in [1.807, 2.05) is 31.0 Å². The van der Waals surface area contributed by atoms with Crippen LogP contribution in [-0.4, -0.2) is 42.6 Å². The van der Waals surface area contributed by atoms with Crippen LogP contribution in [0.15, 0.2) is 24.3 Å². The summed E-state index contributed by atoms with van der Waals surface area (Å²) in [6, 6.07) is 6.81. The third kappa shape index (κ3) is 3.70. The largest absolute Gasteiger partial charge is 0.378 e. The molecule has 0 aliphatic heterocycles. The van der Waals surface area contributed by atoms with Crippen molar-refractivity contribution in [3.05, 3.63) is 35.4 Å². The summed E-state index contributed by atoms with van der Waals surface area (Å²) >= 11 is 0. The summed E-state index contributed by atoms with van der Waals surface area (Å²) in [6.45, 7) is 7.32. The lowest BCUT2D eigenvalue weighted by atomic mass is 9.63. The topological polar surface area (TPSA) is 84.7 Å². The molecule has 132 valence electrons. The van der Waals surface area contributed by atoms with Crippen molar-refractivity contribution in [3.8, 4) is 0 Å². The number of hydrogen-bond acceptors (Lipinski definition) is 3. The summed E-state index contributed by atoms with van der Waals surface area (Å²) in [6.07, 6.45) is 1.06. The lowest BCUT2D eigenvalue weighted by molar-refractivity contribution is -0.136. The molecule has 1 fully saturated rings. The van der Waals surface area contributed by atoms with Crippen LogP contribution < -0.4 is 11.1 Å². The molecular formula is C18H27N3O3. The molecule has 2 atom stereocenters. The van der Waals surface area contributed by atoms with Gasteiger partial charge < -0.3 is 20.7 Å². The highest BCUT2D eigenvalue weighted by Gasteiger charge is 2.51. The van der Waals surface area contributed by atoms with Gasteiger partial charge in [0.2, 0.25) is 0 Å². The average Bonchev–Trinajstić information content (AvgIpc) is 2.55. The number of benzene rings is 1. The molecule has 2 rings (SSSR count). The van der Waals surface area contributed by atoms with Crippen molar-refractivity contribution in [2.75, 3.05) is 13.7 Å². The Bertz CT molecular complexity index is 598. The van der Waals surface area contributed by atoms with Gasteiger partial charge in [-0.05, 0) is 31.0 Å². The van der Waals surface area contributed by atoms with Crippen molar-refractivity contribution in [2.24, 2.45) is 11.1 Å². The Hall–Kier alpha value is -2.08. The SMILES string of the molecule is CCOC1CC(N(C)C(=O)c2ccc(CNC(N)=O)cc2)C1(C)C. The van der Waals surface area contributed by atoms with Crippen LogP contribution in [0, 0.1) is 5.41 Å². The summed E-state index contributed by atoms with van der Waals surface area (Å²) in [5, 5.41) is 2.53. The Kier molecular flexibility index (Phi) is 5.49. The van der Waals surface area contributed by atoms with Gasteiger partial charge in [-0.2, -0.15) is 0 Å². The van der Waals surface area contributed by atoms with Crippen LogP contribution in [0.3, 0.4) is 0 Å². The first-order chi connectivity index (χ1) is 11.3. The normalized spacial score (nSPS) is 21.7. The number of nitrogens with one attached hydrogen (secondary N) is 1. The van der Waals surface area contributed by atoms with Gasteiger partial charge in [0.1, 0.15) is 0 Å². The first kappa shape index (κ1) is 18.3. The van der Waals surface area contributed by atoms with Gasteiger partial charge in [0.05, 0.1) is 6.10 Å². The van der Waals surface area contributed by atoms with Crippen LogP contribution in [0.4, 0.5) is 4.79 Å². The number of nitrogens with two attached hydrogens (primary N) is 1. The zero-order valence-corrected chi connectivity index (χ0v) is 14.8. The average molecular weight is 333 g/mol. The highest BCUT2D eigenvalue weighted by molar-refractivity contribution is 5.94. The van der Waals surface area contributed by atoms with E-state index in [-0.39, 0.29) is 23.5 Å². The van der Waals surface area contributed by atoms with Crippen molar-refractivity contribution in [1.82, 2.24) is 10.2 Å². The fourth-order valence-corrected chi connectivity index (χ4v) is 3.31. The van der Waals surface area contributed by atoms with E-state index in [1.165, 1.54) is 0 Å². The number of rotatable bonds is 6. The molecule has 1 aliphatic carbocycles. The van der Waals surface area contributed by atoms with Crippen LogP contribution in [-0.2, 0) is 11.3 Å². The van der Waals surface area contributed by atoms with Gasteiger partial charge in [-0.3, -0.25) is 4.79 Å². The van der Waals surface area contributed by atoms with Crippen molar-refractivity contribution in [2.45, 2.75) is 45.9 Å². The number of nitrogens with zero attached hydrogens (tertiary/aromatic N) is 1. The molecule has 0 radical (unpaired) electrons. The summed E-state index contributed by atoms with van der Waals surface area (Å²) in [4.78, 5) is 25.2. The van der Waals surface area contributed by atoms with Crippen molar-refractivity contribution < 1.29 is 14.3 Å². The van der Waals surface area contributed by atoms with Crippen LogP contribution in [0.5, 0.6) is 0 Å². The van der Waals surface area contributed by atoms with Crippen LogP contribution >= 0.6 is 0 Å². The van der Waals surface area contributed by atoms with E-state index in [9.17, 15) is 9.59 Å².